The summed E-state index contributed by atoms with van der Waals surface area (Å²) in [6.45, 7) is 1.90. The highest BCUT2D eigenvalue weighted by atomic mass is 14.9. The average Bonchev–Trinajstić information content (AvgIpc) is 2.47. The predicted molar refractivity (Wildman–Crippen MR) is 70.2 cm³/mol. The first-order valence-electron chi connectivity index (χ1n) is 7.01. The Kier molecular flexibility index (Phi) is 3.29. The first-order chi connectivity index (χ1) is 8.90. The van der Waals surface area contributed by atoms with Crippen molar-refractivity contribution >= 4 is 0 Å². The van der Waals surface area contributed by atoms with Crippen LogP contribution in [-0.4, -0.2) is 11.5 Å². The molecule has 0 bridgehead atoms. The molecule has 0 atom stereocenters. The molecule has 1 fully saturated rings. The Morgan fingerprint density at radius 3 is 2.89 bits per heavy atom. The third-order valence-corrected chi connectivity index (χ3v) is 4.29. The van der Waals surface area contributed by atoms with Crippen LogP contribution in [0.3, 0.4) is 0 Å². The molecule has 1 N–H and O–H groups in total. The Bertz CT molecular complexity index is 481. The highest BCUT2D eigenvalue weighted by molar-refractivity contribution is 5.46. The van der Waals surface area contributed by atoms with Gasteiger partial charge in [-0.15, -0.1) is 0 Å². The molecular weight excluding hydrogens is 222 g/mol. The summed E-state index contributed by atoms with van der Waals surface area (Å²) in [6.07, 6.45) is 9.25. The van der Waals surface area contributed by atoms with E-state index in [1.54, 1.807) is 6.20 Å². The Hall–Kier alpha value is -1.40. The van der Waals surface area contributed by atoms with Crippen molar-refractivity contribution in [1.82, 2.24) is 10.3 Å². The Morgan fingerprint density at radius 1 is 1.28 bits per heavy atom. The summed E-state index contributed by atoms with van der Waals surface area (Å²) in [5.41, 5.74) is 4.67. The summed E-state index contributed by atoms with van der Waals surface area (Å²) in [5, 5.41) is 12.8. The first-order valence-corrected chi connectivity index (χ1v) is 7.01. The summed E-state index contributed by atoms with van der Waals surface area (Å²) >= 11 is 0. The summed E-state index contributed by atoms with van der Waals surface area (Å²) < 4.78 is 0. The van der Waals surface area contributed by atoms with Crippen LogP contribution < -0.4 is 5.32 Å². The molecule has 2 heterocycles. The van der Waals surface area contributed by atoms with Crippen molar-refractivity contribution in [1.29, 1.82) is 5.26 Å². The molecule has 18 heavy (non-hydrogen) atoms. The first kappa shape index (κ1) is 11.7. The van der Waals surface area contributed by atoms with Gasteiger partial charge >= 0.3 is 0 Å². The second-order valence-corrected chi connectivity index (χ2v) is 5.38. The Balaban J connectivity index is 2.06. The van der Waals surface area contributed by atoms with E-state index in [-0.39, 0.29) is 0 Å². The van der Waals surface area contributed by atoms with Crippen molar-refractivity contribution in [3.8, 4) is 6.07 Å². The molecule has 2 aliphatic rings. The number of nitrogens with zero attached hydrogens (tertiary/aromatic N) is 2. The summed E-state index contributed by atoms with van der Waals surface area (Å²) in [7, 11) is 0. The molecule has 0 amide bonds. The standard InChI is InChI=1S/C15H19N3/c16-8-12-9-18-14-6-7-17-10-13(14)15(12)11-4-2-1-3-5-11/h9,11,17H,1-7,10H2. The third kappa shape index (κ3) is 2.02. The van der Waals surface area contributed by atoms with Crippen molar-refractivity contribution in [2.45, 2.75) is 51.0 Å². The summed E-state index contributed by atoms with van der Waals surface area (Å²) in [4.78, 5) is 4.48. The van der Waals surface area contributed by atoms with E-state index in [4.69, 9.17) is 0 Å². The quantitative estimate of drug-likeness (QED) is 0.822. The van der Waals surface area contributed by atoms with Gasteiger partial charge in [0.2, 0.25) is 0 Å². The SMILES string of the molecule is N#Cc1cnc2c(c1C1CCCCC1)CNCC2. The van der Waals surface area contributed by atoms with Gasteiger partial charge in [-0.05, 0) is 29.9 Å². The summed E-state index contributed by atoms with van der Waals surface area (Å²) in [5.74, 6) is 0.588. The molecule has 1 aliphatic heterocycles. The van der Waals surface area contributed by atoms with Gasteiger partial charge < -0.3 is 5.32 Å². The van der Waals surface area contributed by atoms with Crippen molar-refractivity contribution in [3.63, 3.8) is 0 Å². The second-order valence-electron chi connectivity index (χ2n) is 5.38. The van der Waals surface area contributed by atoms with E-state index in [0.717, 1.165) is 25.1 Å². The molecule has 1 saturated carbocycles. The molecule has 1 aromatic rings. The fraction of sp³-hybridized carbons (Fsp3) is 0.600. The van der Waals surface area contributed by atoms with Gasteiger partial charge in [-0.25, -0.2) is 0 Å². The van der Waals surface area contributed by atoms with Crippen LogP contribution in [0.4, 0.5) is 0 Å². The lowest BCUT2D eigenvalue weighted by atomic mass is 9.79. The third-order valence-electron chi connectivity index (χ3n) is 4.29. The molecule has 1 aliphatic carbocycles. The lowest BCUT2D eigenvalue weighted by molar-refractivity contribution is 0.437. The highest BCUT2D eigenvalue weighted by Crippen LogP contribution is 2.37. The van der Waals surface area contributed by atoms with Crippen molar-refractivity contribution < 1.29 is 0 Å². The van der Waals surface area contributed by atoms with Crippen LogP contribution in [0, 0.1) is 11.3 Å². The zero-order valence-electron chi connectivity index (χ0n) is 10.7. The van der Waals surface area contributed by atoms with Gasteiger partial charge in [0, 0.05) is 31.4 Å². The van der Waals surface area contributed by atoms with E-state index in [2.05, 4.69) is 16.4 Å². The molecule has 0 unspecified atom stereocenters. The normalized spacial score (nSPS) is 20.2. The number of aromatic nitrogens is 1. The van der Waals surface area contributed by atoms with E-state index in [1.807, 2.05) is 0 Å². The van der Waals surface area contributed by atoms with Crippen LogP contribution in [0.5, 0.6) is 0 Å². The van der Waals surface area contributed by atoms with E-state index in [1.165, 1.54) is 48.9 Å². The van der Waals surface area contributed by atoms with Gasteiger partial charge in [-0.3, -0.25) is 4.98 Å². The lowest BCUT2D eigenvalue weighted by Crippen LogP contribution is -2.27. The molecule has 3 heteroatoms. The van der Waals surface area contributed by atoms with Gasteiger partial charge in [0.15, 0.2) is 0 Å². The van der Waals surface area contributed by atoms with Crippen molar-refractivity contribution in [2.75, 3.05) is 6.54 Å². The van der Waals surface area contributed by atoms with Gasteiger partial charge in [0.25, 0.3) is 0 Å². The van der Waals surface area contributed by atoms with Crippen LogP contribution in [-0.2, 0) is 13.0 Å². The maximum atomic E-state index is 9.34. The fourth-order valence-corrected chi connectivity index (χ4v) is 3.39. The minimum atomic E-state index is 0.588. The molecule has 3 nitrogen and oxygen atoms in total. The van der Waals surface area contributed by atoms with Crippen LogP contribution in [0.1, 0.15) is 60.4 Å². The summed E-state index contributed by atoms with van der Waals surface area (Å²) in [6, 6.07) is 2.35. The smallest absolute Gasteiger partial charge is 0.101 e. The maximum Gasteiger partial charge on any atom is 0.101 e. The minimum Gasteiger partial charge on any atom is -0.312 e. The molecular formula is C15H19N3. The van der Waals surface area contributed by atoms with Crippen LogP contribution >= 0.6 is 0 Å². The Morgan fingerprint density at radius 2 is 2.11 bits per heavy atom. The number of hydrogen-bond donors (Lipinski definition) is 1. The maximum absolute atomic E-state index is 9.34. The molecule has 94 valence electrons. The largest absolute Gasteiger partial charge is 0.312 e. The predicted octanol–water partition coefficient (Wildman–Crippen LogP) is 2.65. The topological polar surface area (TPSA) is 48.7 Å². The van der Waals surface area contributed by atoms with E-state index >= 15 is 0 Å². The molecule has 0 spiro atoms. The van der Waals surface area contributed by atoms with Gasteiger partial charge in [0.05, 0.1) is 5.56 Å². The van der Waals surface area contributed by atoms with Gasteiger partial charge in [-0.1, -0.05) is 19.3 Å². The zero-order valence-corrected chi connectivity index (χ0v) is 10.7. The van der Waals surface area contributed by atoms with E-state index < -0.39 is 0 Å². The fourth-order valence-electron chi connectivity index (χ4n) is 3.39. The van der Waals surface area contributed by atoms with Gasteiger partial charge in [-0.2, -0.15) is 5.26 Å². The van der Waals surface area contributed by atoms with Gasteiger partial charge in [0.1, 0.15) is 6.07 Å². The number of nitrogens with one attached hydrogen (secondary N) is 1. The Labute approximate surface area is 108 Å². The molecule has 0 radical (unpaired) electrons. The highest BCUT2D eigenvalue weighted by Gasteiger charge is 2.25. The average molecular weight is 241 g/mol. The minimum absolute atomic E-state index is 0.588. The zero-order chi connectivity index (χ0) is 12.4. The van der Waals surface area contributed by atoms with E-state index in [0.29, 0.717) is 5.92 Å². The van der Waals surface area contributed by atoms with Crippen LogP contribution in [0.2, 0.25) is 0 Å². The number of fused-ring (bicyclic) bond motifs is 1. The number of pyridine rings is 1. The van der Waals surface area contributed by atoms with Crippen molar-refractivity contribution in [3.05, 3.63) is 28.6 Å². The number of rotatable bonds is 1. The van der Waals surface area contributed by atoms with Crippen LogP contribution in [0.15, 0.2) is 6.20 Å². The number of nitriles is 1. The van der Waals surface area contributed by atoms with E-state index in [9.17, 15) is 5.26 Å². The second kappa shape index (κ2) is 5.07. The number of hydrogen-bond acceptors (Lipinski definition) is 3. The molecule has 1 aromatic heterocycles. The van der Waals surface area contributed by atoms with Crippen molar-refractivity contribution in [2.24, 2.45) is 0 Å². The molecule has 3 rings (SSSR count). The molecule has 0 aromatic carbocycles. The van der Waals surface area contributed by atoms with Crippen LogP contribution in [0.25, 0.3) is 0 Å². The lowest BCUT2D eigenvalue weighted by Gasteiger charge is -2.28. The molecule has 0 saturated heterocycles. The monoisotopic (exact) mass is 241 g/mol.